The molecule has 1 amide bonds. The lowest BCUT2D eigenvalue weighted by molar-refractivity contribution is -0.155. The summed E-state index contributed by atoms with van der Waals surface area (Å²) >= 11 is 0. The SMILES string of the molecule is CCOc1cc2nc(-c3cccc(C(F)(F)F)c3)c(CN3CCC(N4CCOCC4)CC3)c(C(=O)NC(c3ccccc3)C(F)(F)F)c2cc1S(=O)(=O)C(C)C. The molecule has 6 rings (SSSR count). The molecule has 2 saturated heterocycles. The number of likely N-dealkylation sites (tertiary alicyclic amines) is 1. The molecule has 0 spiro atoms. The maximum absolute atomic E-state index is 14.8. The van der Waals surface area contributed by atoms with Crippen LogP contribution in [0.15, 0.2) is 71.6 Å². The fraction of sp³-hybridized carbons (Fsp3) is 0.450. The van der Waals surface area contributed by atoms with E-state index in [1.54, 1.807) is 6.92 Å². The van der Waals surface area contributed by atoms with E-state index in [4.69, 9.17) is 14.5 Å². The Bertz CT molecular complexity index is 2130. The second-order valence-corrected chi connectivity index (χ2v) is 16.7. The van der Waals surface area contributed by atoms with Crippen molar-refractivity contribution < 1.29 is 49.0 Å². The number of fused-ring (bicyclic) bond motifs is 1. The Morgan fingerprint density at radius 2 is 1.62 bits per heavy atom. The van der Waals surface area contributed by atoms with Gasteiger partial charge >= 0.3 is 12.4 Å². The van der Waals surface area contributed by atoms with Crippen LogP contribution in [0.3, 0.4) is 0 Å². The molecule has 16 heteroatoms. The van der Waals surface area contributed by atoms with Crippen molar-refractivity contribution in [1.29, 1.82) is 0 Å². The van der Waals surface area contributed by atoms with Crippen molar-refractivity contribution in [3.63, 3.8) is 0 Å². The second-order valence-electron chi connectivity index (χ2n) is 14.2. The van der Waals surface area contributed by atoms with Crippen molar-refractivity contribution in [3.8, 4) is 17.0 Å². The van der Waals surface area contributed by atoms with Gasteiger partial charge in [0.05, 0.1) is 47.4 Å². The van der Waals surface area contributed by atoms with Crippen molar-refractivity contribution in [1.82, 2.24) is 20.1 Å². The maximum atomic E-state index is 14.8. The minimum atomic E-state index is -4.96. The quantitative estimate of drug-likeness (QED) is 0.153. The van der Waals surface area contributed by atoms with E-state index in [2.05, 4.69) is 10.2 Å². The van der Waals surface area contributed by atoms with E-state index in [9.17, 15) is 39.6 Å². The highest BCUT2D eigenvalue weighted by molar-refractivity contribution is 7.92. The first-order valence-electron chi connectivity index (χ1n) is 18.5. The van der Waals surface area contributed by atoms with Gasteiger partial charge in [-0.1, -0.05) is 42.5 Å². The second kappa shape index (κ2) is 16.7. The van der Waals surface area contributed by atoms with Crippen LogP contribution >= 0.6 is 0 Å². The molecule has 2 aliphatic rings. The Balaban J connectivity index is 1.59. The van der Waals surface area contributed by atoms with Gasteiger partial charge in [-0.05, 0) is 70.5 Å². The average molecular weight is 807 g/mol. The highest BCUT2D eigenvalue weighted by atomic mass is 32.2. The number of benzene rings is 3. The summed E-state index contributed by atoms with van der Waals surface area (Å²) in [4.78, 5) is 23.5. The third-order valence-electron chi connectivity index (χ3n) is 10.3. The number of nitrogens with zero attached hydrogens (tertiary/aromatic N) is 3. The van der Waals surface area contributed by atoms with Crippen LogP contribution in [0, 0.1) is 0 Å². The van der Waals surface area contributed by atoms with Crippen LogP contribution in [0.4, 0.5) is 26.3 Å². The van der Waals surface area contributed by atoms with Gasteiger partial charge in [-0.25, -0.2) is 13.4 Å². The van der Waals surface area contributed by atoms with E-state index < -0.39 is 45.0 Å². The average Bonchev–Trinajstić information content (AvgIpc) is 3.16. The van der Waals surface area contributed by atoms with E-state index in [1.165, 1.54) is 68.4 Å². The molecule has 2 fully saturated rings. The number of hydrogen-bond acceptors (Lipinski definition) is 8. The number of piperidine rings is 1. The Hall–Kier alpha value is -4.25. The molecular weight excluding hydrogens is 763 g/mol. The normalized spacial score (nSPS) is 17.3. The summed E-state index contributed by atoms with van der Waals surface area (Å²) in [6, 6.07) is 11.4. The van der Waals surface area contributed by atoms with Gasteiger partial charge in [0.1, 0.15) is 10.6 Å². The minimum absolute atomic E-state index is 0.0266. The molecule has 1 atom stereocenters. The fourth-order valence-corrected chi connectivity index (χ4v) is 8.55. The molecule has 0 aliphatic carbocycles. The van der Waals surface area contributed by atoms with Crippen LogP contribution in [-0.4, -0.2) is 92.6 Å². The number of ether oxygens (including phenoxy) is 2. The molecule has 1 aromatic heterocycles. The largest absolute Gasteiger partial charge is 0.492 e. The van der Waals surface area contributed by atoms with Crippen LogP contribution in [0.2, 0.25) is 0 Å². The third-order valence-corrected chi connectivity index (χ3v) is 12.5. The van der Waals surface area contributed by atoms with Crippen molar-refractivity contribution in [2.75, 3.05) is 46.0 Å². The molecule has 2 aliphatic heterocycles. The Labute approximate surface area is 321 Å². The van der Waals surface area contributed by atoms with Crippen molar-refractivity contribution >= 4 is 26.6 Å². The lowest BCUT2D eigenvalue weighted by atomic mass is 9.93. The van der Waals surface area contributed by atoms with Crippen LogP contribution in [0.25, 0.3) is 22.2 Å². The van der Waals surface area contributed by atoms with Crippen molar-refractivity contribution in [2.45, 2.75) is 74.7 Å². The smallest absolute Gasteiger partial charge is 0.416 e. The number of rotatable bonds is 11. The topological polar surface area (TPSA) is 101 Å². The number of halogens is 6. The molecule has 0 radical (unpaired) electrons. The fourth-order valence-electron chi connectivity index (χ4n) is 7.36. The molecule has 3 aromatic carbocycles. The lowest BCUT2D eigenvalue weighted by Crippen LogP contribution is -2.48. The molecule has 3 heterocycles. The number of pyridine rings is 1. The summed E-state index contributed by atoms with van der Waals surface area (Å²) in [7, 11) is -4.11. The summed E-state index contributed by atoms with van der Waals surface area (Å²) in [5, 5.41) is 1.12. The lowest BCUT2D eigenvalue weighted by Gasteiger charge is -2.40. The van der Waals surface area contributed by atoms with E-state index in [0.717, 1.165) is 38.1 Å². The van der Waals surface area contributed by atoms with Crippen LogP contribution < -0.4 is 10.1 Å². The summed E-state index contributed by atoms with van der Waals surface area (Å²) in [6.07, 6.45) is -8.26. The van der Waals surface area contributed by atoms with Gasteiger partial charge < -0.3 is 14.8 Å². The number of sulfone groups is 1. The molecule has 56 heavy (non-hydrogen) atoms. The number of aromatic nitrogens is 1. The van der Waals surface area contributed by atoms with E-state index in [0.29, 0.717) is 26.3 Å². The number of nitrogens with one attached hydrogen (secondary N) is 1. The predicted molar refractivity (Wildman–Crippen MR) is 199 cm³/mol. The van der Waals surface area contributed by atoms with Gasteiger partial charge in [0.15, 0.2) is 15.9 Å². The minimum Gasteiger partial charge on any atom is -0.492 e. The first-order valence-corrected chi connectivity index (χ1v) is 20.0. The zero-order valence-electron chi connectivity index (χ0n) is 31.2. The first-order chi connectivity index (χ1) is 26.5. The highest BCUT2D eigenvalue weighted by Crippen LogP contribution is 2.40. The number of morpholine rings is 1. The van der Waals surface area contributed by atoms with Gasteiger partial charge in [-0.15, -0.1) is 0 Å². The van der Waals surface area contributed by atoms with E-state index in [1.807, 2.05) is 4.90 Å². The molecule has 1 N–H and O–H groups in total. The summed E-state index contributed by atoms with van der Waals surface area (Å²) in [5.74, 6) is -1.31. The molecule has 0 bridgehead atoms. The number of alkyl halides is 6. The van der Waals surface area contributed by atoms with Gasteiger partial charge in [0, 0.05) is 48.3 Å². The number of amides is 1. The number of carbonyl (C=O) groups excluding carboxylic acids is 1. The summed E-state index contributed by atoms with van der Waals surface area (Å²) in [5.41, 5.74) is -1.65. The highest BCUT2D eigenvalue weighted by Gasteiger charge is 2.43. The van der Waals surface area contributed by atoms with Crippen LogP contribution in [0.1, 0.15) is 66.7 Å². The molecular formula is C40H44F6N4O5S. The third kappa shape index (κ3) is 8.98. The van der Waals surface area contributed by atoms with Gasteiger partial charge in [0.2, 0.25) is 0 Å². The van der Waals surface area contributed by atoms with E-state index in [-0.39, 0.29) is 68.7 Å². The standard InChI is InChI=1S/C40H44F6N4O5S/c1-4-55-33-23-32-30(22-34(33)56(52,53)25(2)3)35(38(51)48-37(40(44,45)46)26-9-6-5-7-10-26)31(36(47-32)27-11-8-12-28(21-27)39(41,42)43)24-49-15-13-29(14-16-49)50-17-19-54-20-18-50/h5-12,21-23,25,29,37H,4,13-20,24H2,1-3H3,(H,48,51). The monoisotopic (exact) mass is 806 g/mol. The maximum Gasteiger partial charge on any atom is 0.416 e. The van der Waals surface area contributed by atoms with Gasteiger partial charge in [-0.2, -0.15) is 26.3 Å². The molecule has 1 unspecified atom stereocenters. The number of carbonyl (C=O) groups is 1. The molecule has 302 valence electrons. The number of hydrogen-bond donors (Lipinski definition) is 1. The van der Waals surface area contributed by atoms with Gasteiger partial charge in [-0.3, -0.25) is 14.6 Å². The van der Waals surface area contributed by atoms with Crippen LogP contribution in [0.5, 0.6) is 5.75 Å². The predicted octanol–water partition coefficient (Wildman–Crippen LogP) is 7.83. The molecule has 0 saturated carbocycles. The Morgan fingerprint density at radius 3 is 2.23 bits per heavy atom. The Morgan fingerprint density at radius 1 is 0.946 bits per heavy atom. The summed E-state index contributed by atoms with van der Waals surface area (Å²) < 4.78 is 125. The Kier molecular flexibility index (Phi) is 12.3. The molecule has 4 aromatic rings. The van der Waals surface area contributed by atoms with Crippen molar-refractivity contribution in [2.24, 2.45) is 0 Å². The zero-order chi connectivity index (χ0) is 40.4. The molecule has 9 nitrogen and oxygen atoms in total. The zero-order valence-corrected chi connectivity index (χ0v) is 32.0. The summed E-state index contributed by atoms with van der Waals surface area (Å²) in [6.45, 7) is 8.29. The van der Waals surface area contributed by atoms with Crippen molar-refractivity contribution in [3.05, 3.63) is 89.0 Å². The van der Waals surface area contributed by atoms with Gasteiger partial charge in [0.25, 0.3) is 5.91 Å². The first kappa shape index (κ1) is 41.4. The van der Waals surface area contributed by atoms with Crippen LogP contribution in [-0.2, 0) is 27.3 Å². The van der Waals surface area contributed by atoms with E-state index >= 15 is 0 Å².